The first kappa shape index (κ1) is 23.1. The number of hydrogen-bond acceptors (Lipinski definition) is 13. The summed E-state index contributed by atoms with van der Waals surface area (Å²) in [5.74, 6) is -2.05. The number of β-lactam (4-membered cyclic amide) rings is 1. The summed E-state index contributed by atoms with van der Waals surface area (Å²) in [6, 6.07) is -0.991. The molecule has 5 heterocycles. The first-order valence-electron chi connectivity index (χ1n) is 9.80. The average Bonchev–Trinajstić information content (AvgIpc) is 3.50. The van der Waals surface area contributed by atoms with Gasteiger partial charge in [0.2, 0.25) is 0 Å². The largest absolute Gasteiger partial charge is 0.477 e. The number of imidazole rings is 1. The number of thiazole rings is 1. The van der Waals surface area contributed by atoms with E-state index in [1.807, 2.05) is 0 Å². The molecule has 35 heavy (non-hydrogen) atoms. The third-order valence-electron chi connectivity index (χ3n) is 5.18. The van der Waals surface area contributed by atoms with Crippen molar-refractivity contribution in [3.05, 3.63) is 35.0 Å². The molecule has 3 aromatic rings. The lowest BCUT2D eigenvalue weighted by Gasteiger charge is -2.49. The lowest BCUT2D eigenvalue weighted by molar-refractivity contribution is -0.150. The minimum absolute atomic E-state index is 0.0635. The lowest BCUT2D eigenvalue weighted by atomic mass is 10.0. The first-order chi connectivity index (χ1) is 16.9. The van der Waals surface area contributed by atoms with Crippen molar-refractivity contribution in [1.29, 1.82) is 0 Å². The fourth-order valence-corrected chi connectivity index (χ4v) is 6.60. The highest BCUT2D eigenvalue weighted by Crippen LogP contribution is 2.41. The second kappa shape index (κ2) is 9.16. The smallest absolute Gasteiger partial charge is 0.352 e. The molecular weight excluding hydrogens is 518 g/mol. The summed E-state index contributed by atoms with van der Waals surface area (Å²) in [7, 11) is 0. The fraction of sp³-hybridized carbons (Fsp3) is 0.222. The summed E-state index contributed by atoms with van der Waals surface area (Å²) >= 11 is 3.67. The molecule has 14 nitrogen and oxygen atoms in total. The van der Waals surface area contributed by atoms with Gasteiger partial charge in [-0.3, -0.25) is 14.5 Å². The van der Waals surface area contributed by atoms with E-state index in [0.29, 0.717) is 27.5 Å². The standard InChI is InChI=1S/C18H15N9O5S3/c19-18-24-7(3-35-18)8(26-32)13(28)25-10-15(29)27-11(17(30)31)6(2-34-16(10)27)1-33-14-9-12(21-4-20-9)22-5-23-14/h3-5,10,16,32H,1-2H2,(H2,19,24)(H,25,28)(H,30,31)(H,20,21,22,23)/b26-8-/t10-,16-/m1/s1. The number of anilines is 1. The van der Waals surface area contributed by atoms with Gasteiger partial charge in [-0.25, -0.2) is 24.7 Å². The second-order valence-corrected chi connectivity index (χ2v) is 10.2. The quantitative estimate of drug-likeness (QED) is 0.0683. The van der Waals surface area contributed by atoms with Crippen LogP contribution in [0.15, 0.2) is 39.5 Å². The molecule has 0 aliphatic carbocycles. The third kappa shape index (κ3) is 4.06. The number of oxime groups is 1. The first-order valence-corrected chi connectivity index (χ1v) is 12.7. The summed E-state index contributed by atoms with van der Waals surface area (Å²) < 4.78 is 0. The highest BCUT2D eigenvalue weighted by atomic mass is 32.2. The molecule has 0 aromatic carbocycles. The van der Waals surface area contributed by atoms with Gasteiger partial charge >= 0.3 is 5.97 Å². The maximum atomic E-state index is 12.9. The number of amides is 2. The molecule has 3 aromatic heterocycles. The van der Waals surface area contributed by atoms with E-state index in [1.165, 1.54) is 41.6 Å². The van der Waals surface area contributed by atoms with Gasteiger partial charge in [-0.2, -0.15) is 0 Å². The van der Waals surface area contributed by atoms with Gasteiger partial charge in [0.15, 0.2) is 16.5 Å². The number of carboxylic acid groups (broad SMARTS) is 1. The summed E-state index contributed by atoms with van der Waals surface area (Å²) in [6.07, 6.45) is 2.88. The zero-order chi connectivity index (χ0) is 24.7. The number of H-pyrrole nitrogens is 1. The van der Waals surface area contributed by atoms with Gasteiger partial charge in [0.25, 0.3) is 11.8 Å². The number of aromatic nitrogens is 5. The van der Waals surface area contributed by atoms with Crippen LogP contribution in [-0.4, -0.2) is 86.6 Å². The van der Waals surface area contributed by atoms with E-state index in [2.05, 4.69) is 35.4 Å². The minimum Gasteiger partial charge on any atom is -0.477 e. The Kier molecular flexibility index (Phi) is 6.03. The van der Waals surface area contributed by atoms with E-state index < -0.39 is 34.9 Å². The van der Waals surface area contributed by atoms with Gasteiger partial charge < -0.3 is 26.3 Å². The molecule has 5 rings (SSSR count). The van der Waals surface area contributed by atoms with Gasteiger partial charge in [0.1, 0.15) is 39.7 Å². The number of nitrogens with one attached hydrogen (secondary N) is 2. The number of nitrogen functional groups attached to an aromatic ring is 1. The number of rotatable bonds is 7. The van der Waals surface area contributed by atoms with Crippen LogP contribution >= 0.6 is 34.9 Å². The van der Waals surface area contributed by atoms with Crippen molar-refractivity contribution in [1.82, 2.24) is 35.1 Å². The molecule has 180 valence electrons. The molecule has 0 bridgehead atoms. The van der Waals surface area contributed by atoms with Crippen LogP contribution < -0.4 is 11.1 Å². The minimum atomic E-state index is -1.24. The number of carbonyl (C=O) groups is 3. The van der Waals surface area contributed by atoms with E-state index >= 15 is 0 Å². The third-order valence-corrected chi connectivity index (χ3v) is 8.26. The Morgan fingerprint density at radius 2 is 2.20 bits per heavy atom. The number of carbonyl (C=O) groups excluding carboxylic acids is 2. The second-order valence-electron chi connectivity index (χ2n) is 7.21. The van der Waals surface area contributed by atoms with Gasteiger partial charge in [-0.1, -0.05) is 16.9 Å². The molecule has 2 amide bonds. The Labute approximate surface area is 208 Å². The Morgan fingerprint density at radius 1 is 1.37 bits per heavy atom. The maximum Gasteiger partial charge on any atom is 0.352 e. The summed E-state index contributed by atoms with van der Waals surface area (Å²) in [5.41, 5.74) is 6.79. The van der Waals surface area contributed by atoms with Crippen LogP contribution in [-0.2, 0) is 14.4 Å². The van der Waals surface area contributed by atoms with E-state index in [9.17, 15) is 24.7 Å². The SMILES string of the molecule is Nc1nc(/C(=N/O)C(=O)N[C@@H]2C(=O)N3C(C(=O)O)=C(CSc4ncnc5[nH]cnc45)CS[C@H]23)cs1. The Hall–Kier alpha value is -3.70. The van der Waals surface area contributed by atoms with Crippen LogP contribution in [0, 0.1) is 0 Å². The maximum absolute atomic E-state index is 12.9. The van der Waals surface area contributed by atoms with Gasteiger partial charge in [0, 0.05) is 16.9 Å². The number of nitrogens with two attached hydrogens (primary N) is 1. The summed E-state index contributed by atoms with van der Waals surface area (Å²) in [5, 5.41) is 26.2. The Balaban J connectivity index is 1.32. The van der Waals surface area contributed by atoms with Gasteiger partial charge in [0.05, 0.1) is 6.33 Å². The van der Waals surface area contributed by atoms with Crippen molar-refractivity contribution in [2.45, 2.75) is 16.4 Å². The molecule has 2 atom stereocenters. The normalized spacial score (nSPS) is 20.1. The number of thioether (sulfide) groups is 2. The molecule has 6 N–H and O–H groups in total. The molecular formula is C18H15N9O5S3. The molecule has 1 fully saturated rings. The van der Waals surface area contributed by atoms with E-state index in [1.54, 1.807) is 0 Å². The van der Waals surface area contributed by atoms with Crippen LogP contribution in [0.5, 0.6) is 0 Å². The molecule has 0 spiro atoms. The van der Waals surface area contributed by atoms with Crippen molar-refractivity contribution in [2.24, 2.45) is 5.16 Å². The van der Waals surface area contributed by atoms with Crippen molar-refractivity contribution in [3.63, 3.8) is 0 Å². The predicted molar refractivity (Wildman–Crippen MR) is 127 cm³/mol. The molecule has 2 aliphatic heterocycles. The van der Waals surface area contributed by atoms with Gasteiger partial charge in [-0.15, -0.1) is 23.1 Å². The number of hydrogen-bond donors (Lipinski definition) is 5. The monoisotopic (exact) mass is 533 g/mol. The van der Waals surface area contributed by atoms with E-state index in [0.717, 1.165) is 16.2 Å². The van der Waals surface area contributed by atoms with Crippen LogP contribution in [0.3, 0.4) is 0 Å². The topological polar surface area (TPSA) is 213 Å². The van der Waals surface area contributed by atoms with Crippen LogP contribution in [0.4, 0.5) is 5.13 Å². The predicted octanol–water partition coefficient (Wildman–Crippen LogP) is 0.101. The van der Waals surface area contributed by atoms with E-state index in [-0.39, 0.29) is 22.3 Å². The van der Waals surface area contributed by atoms with Crippen molar-refractivity contribution < 1.29 is 24.7 Å². The van der Waals surface area contributed by atoms with Crippen molar-refractivity contribution in [3.8, 4) is 0 Å². The zero-order valence-electron chi connectivity index (χ0n) is 17.4. The molecule has 1 saturated heterocycles. The van der Waals surface area contributed by atoms with Crippen LogP contribution in [0.1, 0.15) is 5.69 Å². The van der Waals surface area contributed by atoms with Crippen molar-refractivity contribution >= 4 is 74.7 Å². The van der Waals surface area contributed by atoms with Crippen LogP contribution in [0.2, 0.25) is 0 Å². The number of nitrogens with zero attached hydrogens (tertiary/aromatic N) is 6. The number of fused-ring (bicyclic) bond motifs is 2. The number of aliphatic carboxylic acids is 1. The summed E-state index contributed by atoms with van der Waals surface area (Å²) in [4.78, 5) is 58.0. The average molecular weight is 534 g/mol. The summed E-state index contributed by atoms with van der Waals surface area (Å²) in [6.45, 7) is 0. The van der Waals surface area contributed by atoms with E-state index in [4.69, 9.17) is 5.73 Å². The van der Waals surface area contributed by atoms with Crippen LogP contribution in [0.25, 0.3) is 11.2 Å². The number of carboxylic acids is 1. The molecule has 2 aliphatic rings. The molecule has 17 heteroatoms. The highest BCUT2D eigenvalue weighted by Gasteiger charge is 2.54. The Morgan fingerprint density at radius 3 is 2.91 bits per heavy atom. The fourth-order valence-electron chi connectivity index (χ4n) is 3.62. The molecule has 0 unspecified atom stereocenters. The zero-order valence-corrected chi connectivity index (χ0v) is 19.9. The molecule has 0 radical (unpaired) electrons. The Bertz CT molecular complexity index is 1420. The van der Waals surface area contributed by atoms with Gasteiger partial charge in [-0.05, 0) is 5.57 Å². The molecule has 0 saturated carbocycles. The number of aromatic amines is 1. The van der Waals surface area contributed by atoms with Crippen molar-refractivity contribution in [2.75, 3.05) is 17.2 Å². The highest BCUT2D eigenvalue weighted by molar-refractivity contribution is 8.01. The lowest BCUT2D eigenvalue weighted by Crippen LogP contribution is -2.71.